The molecule has 3 nitrogen and oxygen atoms in total. The summed E-state index contributed by atoms with van der Waals surface area (Å²) < 4.78 is 23.1. The van der Waals surface area contributed by atoms with Gasteiger partial charge >= 0.3 is 0 Å². The van der Waals surface area contributed by atoms with Gasteiger partial charge in [-0.15, -0.1) is 0 Å². The second kappa shape index (κ2) is 4.42. The van der Waals surface area contributed by atoms with E-state index in [4.69, 9.17) is 5.73 Å². The fourth-order valence-corrected chi connectivity index (χ4v) is 3.78. The van der Waals surface area contributed by atoms with Crippen molar-refractivity contribution >= 4 is 9.84 Å². The molecule has 0 spiro atoms. The van der Waals surface area contributed by atoms with E-state index in [1.165, 1.54) is 6.42 Å². The Bertz CT molecular complexity index is 232. The summed E-state index contributed by atoms with van der Waals surface area (Å²) in [6.45, 7) is 2.35. The maximum atomic E-state index is 11.5. The van der Waals surface area contributed by atoms with Crippen LogP contribution in [-0.2, 0) is 9.84 Å². The Balaban J connectivity index is 2.36. The van der Waals surface area contributed by atoms with Gasteiger partial charge in [-0.05, 0) is 31.2 Å². The summed E-state index contributed by atoms with van der Waals surface area (Å²) in [4.78, 5) is 0. The summed E-state index contributed by atoms with van der Waals surface area (Å²) in [7, 11) is -2.83. The van der Waals surface area contributed by atoms with Crippen molar-refractivity contribution < 1.29 is 8.42 Å². The van der Waals surface area contributed by atoms with E-state index in [9.17, 15) is 8.42 Å². The lowest BCUT2D eigenvalue weighted by Crippen LogP contribution is -2.28. The van der Waals surface area contributed by atoms with Crippen LogP contribution in [0.15, 0.2) is 0 Å². The Labute approximate surface area is 80.6 Å². The standard InChI is InChI=1S/C9H19NO2S/c1-8(5-10)6-13(11,12)7-9-3-2-4-9/h8-9H,2-7,10H2,1H3. The zero-order valence-corrected chi connectivity index (χ0v) is 9.02. The van der Waals surface area contributed by atoms with Crippen molar-refractivity contribution in [1.82, 2.24) is 0 Å². The molecule has 0 aromatic rings. The lowest BCUT2D eigenvalue weighted by atomic mass is 9.87. The minimum atomic E-state index is -2.83. The normalized spacial score (nSPS) is 21.1. The van der Waals surface area contributed by atoms with Gasteiger partial charge in [-0.2, -0.15) is 0 Å². The van der Waals surface area contributed by atoms with Gasteiger partial charge in [-0.3, -0.25) is 0 Å². The number of hydrogen-bond donors (Lipinski definition) is 1. The van der Waals surface area contributed by atoms with Crippen LogP contribution in [0.4, 0.5) is 0 Å². The third-order valence-electron chi connectivity index (χ3n) is 2.66. The van der Waals surface area contributed by atoms with Crippen molar-refractivity contribution in [1.29, 1.82) is 0 Å². The van der Waals surface area contributed by atoms with Gasteiger partial charge in [0.15, 0.2) is 9.84 Å². The van der Waals surface area contributed by atoms with Crippen LogP contribution >= 0.6 is 0 Å². The molecule has 0 aromatic carbocycles. The van der Waals surface area contributed by atoms with E-state index in [0.717, 1.165) is 12.8 Å². The molecule has 1 unspecified atom stereocenters. The van der Waals surface area contributed by atoms with Gasteiger partial charge < -0.3 is 5.73 Å². The zero-order valence-electron chi connectivity index (χ0n) is 8.20. The van der Waals surface area contributed by atoms with Crippen molar-refractivity contribution in [3.8, 4) is 0 Å². The van der Waals surface area contributed by atoms with E-state index in [0.29, 0.717) is 18.2 Å². The lowest BCUT2D eigenvalue weighted by molar-refractivity contribution is 0.346. The fourth-order valence-electron chi connectivity index (χ4n) is 1.59. The maximum Gasteiger partial charge on any atom is 0.150 e. The average Bonchev–Trinajstić information content (AvgIpc) is 1.96. The quantitative estimate of drug-likeness (QED) is 0.722. The van der Waals surface area contributed by atoms with Crippen molar-refractivity contribution in [3.63, 3.8) is 0 Å². The lowest BCUT2D eigenvalue weighted by Gasteiger charge is -2.25. The van der Waals surface area contributed by atoms with Gasteiger partial charge in [-0.25, -0.2) is 8.42 Å². The molecule has 1 atom stereocenters. The molecule has 2 N–H and O–H groups in total. The number of hydrogen-bond acceptors (Lipinski definition) is 3. The van der Waals surface area contributed by atoms with Gasteiger partial charge in [0, 0.05) is 0 Å². The maximum absolute atomic E-state index is 11.5. The highest BCUT2D eigenvalue weighted by Gasteiger charge is 2.25. The number of sulfone groups is 1. The van der Waals surface area contributed by atoms with Crippen LogP contribution in [0.2, 0.25) is 0 Å². The van der Waals surface area contributed by atoms with Crippen molar-refractivity contribution in [3.05, 3.63) is 0 Å². The summed E-state index contributed by atoms with van der Waals surface area (Å²) in [6.07, 6.45) is 3.39. The van der Waals surface area contributed by atoms with Crippen LogP contribution in [0, 0.1) is 11.8 Å². The Kier molecular flexibility index (Phi) is 3.74. The topological polar surface area (TPSA) is 60.2 Å². The molecule has 0 saturated heterocycles. The molecule has 1 aliphatic rings. The molecule has 78 valence electrons. The van der Waals surface area contributed by atoms with Gasteiger partial charge in [0.2, 0.25) is 0 Å². The van der Waals surface area contributed by atoms with Gasteiger partial charge in [0.05, 0.1) is 11.5 Å². The predicted octanol–water partition coefficient (Wildman–Crippen LogP) is 0.796. The van der Waals surface area contributed by atoms with Crippen LogP contribution in [0.3, 0.4) is 0 Å². The first-order valence-corrected chi connectivity index (χ1v) is 6.76. The molecule has 0 bridgehead atoms. The third-order valence-corrected chi connectivity index (χ3v) is 4.71. The van der Waals surface area contributed by atoms with Gasteiger partial charge in [0.1, 0.15) is 0 Å². The Hall–Kier alpha value is -0.0900. The highest BCUT2D eigenvalue weighted by molar-refractivity contribution is 7.91. The van der Waals surface area contributed by atoms with E-state index in [2.05, 4.69) is 0 Å². The minimum absolute atomic E-state index is 0.102. The third kappa shape index (κ3) is 3.65. The smallest absolute Gasteiger partial charge is 0.150 e. The molecule has 0 aromatic heterocycles. The first kappa shape index (κ1) is 11.0. The molecule has 4 heteroatoms. The fraction of sp³-hybridized carbons (Fsp3) is 1.00. The molecule has 1 rings (SSSR count). The molecule has 0 radical (unpaired) electrons. The summed E-state index contributed by atoms with van der Waals surface area (Å²) >= 11 is 0. The molecule has 1 aliphatic carbocycles. The van der Waals surface area contributed by atoms with Gasteiger partial charge in [-0.1, -0.05) is 13.3 Å². The van der Waals surface area contributed by atoms with Crippen LogP contribution in [-0.4, -0.2) is 26.5 Å². The number of nitrogens with two attached hydrogens (primary N) is 1. The van der Waals surface area contributed by atoms with Crippen molar-refractivity contribution in [2.45, 2.75) is 26.2 Å². The molecule has 1 fully saturated rings. The van der Waals surface area contributed by atoms with E-state index in [-0.39, 0.29) is 11.7 Å². The van der Waals surface area contributed by atoms with Crippen LogP contribution in [0.1, 0.15) is 26.2 Å². The van der Waals surface area contributed by atoms with Crippen molar-refractivity contribution in [2.75, 3.05) is 18.1 Å². The molecular weight excluding hydrogens is 186 g/mol. The SMILES string of the molecule is CC(CN)CS(=O)(=O)CC1CCC1. The van der Waals surface area contributed by atoms with E-state index < -0.39 is 9.84 Å². The molecule has 0 heterocycles. The summed E-state index contributed by atoms with van der Waals surface area (Å²) in [5.41, 5.74) is 5.39. The second-order valence-corrected chi connectivity index (χ2v) is 6.37. The van der Waals surface area contributed by atoms with Crippen LogP contribution in [0.5, 0.6) is 0 Å². The second-order valence-electron chi connectivity index (χ2n) is 4.21. The summed E-state index contributed by atoms with van der Waals surface area (Å²) in [5.74, 6) is 1.19. The summed E-state index contributed by atoms with van der Waals surface area (Å²) in [6, 6.07) is 0. The molecular formula is C9H19NO2S. The molecule has 1 saturated carbocycles. The molecule has 13 heavy (non-hydrogen) atoms. The zero-order chi connectivity index (χ0) is 9.90. The first-order chi connectivity index (χ1) is 6.03. The Morgan fingerprint density at radius 1 is 1.46 bits per heavy atom. The largest absolute Gasteiger partial charge is 0.330 e. The highest BCUT2D eigenvalue weighted by Crippen LogP contribution is 2.28. The highest BCUT2D eigenvalue weighted by atomic mass is 32.2. The van der Waals surface area contributed by atoms with Crippen LogP contribution in [0.25, 0.3) is 0 Å². The van der Waals surface area contributed by atoms with Gasteiger partial charge in [0.25, 0.3) is 0 Å². The summed E-state index contributed by atoms with van der Waals surface area (Å²) in [5, 5.41) is 0. The Morgan fingerprint density at radius 3 is 2.46 bits per heavy atom. The van der Waals surface area contributed by atoms with E-state index in [1.54, 1.807) is 0 Å². The monoisotopic (exact) mass is 205 g/mol. The predicted molar refractivity (Wildman–Crippen MR) is 54.2 cm³/mol. The molecule has 0 amide bonds. The molecule has 0 aliphatic heterocycles. The van der Waals surface area contributed by atoms with E-state index in [1.807, 2.05) is 6.92 Å². The average molecular weight is 205 g/mol. The first-order valence-electron chi connectivity index (χ1n) is 4.94. The van der Waals surface area contributed by atoms with Crippen molar-refractivity contribution in [2.24, 2.45) is 17.6 Å². The van der Waals surface area contributed by atoms with E-state index >= 15 is 0 Å². The Morgan fingerprint density at radius 2 is 2.08 bits per heavy atom. The van der Waals surface area contributed by atoms with Crippen LogP contribution < -0.4 is 5.73 Å². The number of rotatable bonds is 5. The minimum Gasteiger partial charge on any atom is -0.330 e.